The Morgan fingerprint density at radius 1 is 1.23 bits per heavy atom. The fourth-order valence-electron chi connectivity index (χ4n) is 3.49. The van der Waals surface area contributed by atoms with Crippen LogP contribution >= 0.6 is 0 Å². The molecule has 2 aromatic heterocycles. The summed E-state index contributed by atoms with van der Waals surface area (Å²) in [6, 6.07) is 10.6. The van der Waals surface area contributed by atoms with Crippen LogP contribution < -0.4 is 0 Å². The fourth-order valence-corrected chi connectivity index (χ4v) is 3.49. The molecule has 1 atom stereocenters. The van der Waals surface area contributed by atoms with Gasteiger partial charge < -0.3 is 5.11 Å². The van der Waals surface area contributed by atoms with Gasteiger partial charge in [-0.15, -0.1) is 0 Å². The van der Waals surface area contributed by atoms with Crippen molar-refractivity contribution in [2.45, 2.75) is 32.2 Å². The lowest BCUT2D eigenvalue weighted by Crippen LogP contribution is -2.23. The van der Waals surface area contributed by atoms with Crippen LogP contribution in [0.5, 0.6) is 0 Å². The van der Waals surface area contributed by atoms with E-state index in [0.717, 1.165) is 25.2 Å². The molecule has 136 valence electrons. The molecule has 7 heteroatoms. The summed E-state index contributed by atoms with van der Waals surface area (Å²) in [7, 11) is 1.80. The Morgan fingerprint density at radius 3 is 2.85 bits per heavy atom. The molecule has 1 aliphatic heterocycles. The van der Waals surface area contributed by atoms with Gasteiger partial charge in [0.05, 0.1) is 17.1 Å². The maximum atomic E-state index is 14.0. The monoisotopic (exact) mass is 355 g/mol. The molecule has 0 aliphatic carbocycles. The van der Waals surface area contributed by atoms with E-state index in [1.807, 2.05) is 22.9 Å². The molecule has 0 radical (unpaired) electrons. The Balaban J connectivity index is 1.54. The van der Waals surface area contributed by atoms with E-state index >= 15 is 0 Å². The first-order valence-electron chi connectivity index (χ1n) is 8.80. The number of nitrogens with zero attached hydrogens (tertiary/aromatic N) is 5. The van der Waals surface area contributed by atoms with Crippen molar-refractivity contribution in [3.05, 3.63) is 71.1 Å². The van der Waals surface area contributed by atoms with Gasteiger partial charge in [0.15, 0.2) is 0 Å². The molecular weight excluding hydrogens is 333 g/mol. The molecule has 0 saturated heterocycles. The number of hydrogen-bond acceptors (Lipinski definition) is 4. The van der Waals surface area contributed by atoms with Gasteiger partial charge in [0.1, 0.15) is 11.9 Å². The minimum atomic E-state index is -0.804. The number of rotatable bonds is 4. The third-order valence-corrected chi connectivity index (χ3v) is 4.88. The number of aromatic nitrogens is 4. The van der Waals surface area contributed by atoms with E-state index in [0.29, 0.717) is 30.0 Å². The smallest absolute Gasteiger partial charge is 0.139 e. The molecule has 0 unspecified atom stereocenters. The summed E-state index contributed by atoms with van der Waals surface area (Å²) in [5.41, 5.74) is 3.07. The molecule has 0 amide bonds. The highest BCUT2D eigenvalue weighted by Crippen LogP contribution is 2.24. The molecule has 6 nitrogen and oxygen atoms in total. The molecule has 1 aromatic carbocycles. The van der Waals surface area contributed by atoms with E-state index in [4.69, 9.17) is 0 Å². The summed E-state index contributed by atoms with van der Waals surface area (Å²) in [6.45, 7) is 2.93. The summed E-state index contributed by atoms with van der Waals surface area (Å²) >= 11 is 0. The van der Waals surface area contributed by atoms with Crippen molar-refractivity contribution in [3.8, 4) is 0 Å². The quantitative estimate of drug-likeness (QED) is 0.780. The van der Waals surface area contributed by atoms with Crippen LogP contribution in [0, 0.1) is 5.82 Å². The van der Waals surface area contributed by atoms with Crippen molar-refractivity contribution in [2.24, 2.45) is 7.05 Å². The second-order valence-corrected chi connectivity index (χ2v) is 6.72. The Hall–Kier alpha value is -2.51. The zero-order chi connectivity index (χ0) is 18.1. The van der Waals surface area contributed by atoms with E-state index in [1.165, 1.54) is 6.07 Å². The zero-order valence-electron chi connectivity index (χ0n) is 14.7. The number of fused-ring (bicyclic) bond motifs is 1. The number of aliphatic hydroxyl groups excluding tert-OH is 1. The Labute approximate surface area is 151 Å². The highest BCUT2D eigenvalue weighted by molar-refractivity contribution is 5.22. The first kappa shape index (κ1) is 16.9. The number of halogens is 1. The average molecular weight is 355 g/mol. The van der Waals surface area contributed by atoms with Gasteiger partial charge in [-0.1, -0.05) is 18.2 Å². The van der Waals surface area contributed by atoms with Crippen LogP contribution in [0.15, 0.2) is 42.6 Å². The van der Waals surface area contributed by atoms with Crippen LogP contribution in [0.4, 0.5) is 4.39 Å². The standard InChI is InChI=1S/C19H22FN5O/c1-23-18(7-8-21-23)19(26)17-11-15-13-24(9-4-10-25(15)22-17)12-14-5-2-3-6-16(14)20/h2-3,5-8,11,19,26H,4,9-10,12-13H2,1H3/t19-/m1/s1. The predicted molar refractivity (Wildman–Crippen MR) is 94.6 cm³/mol. The fraction of sp³-hybridized carbons (Fsp3) is 0.368. The molecule has 3 aromatic rings. The van der Waals surface area contributed by atoms with Crippen molar-refractivity contribution in [2.75, 3.05) is 6.54 Å². The highest BCUT2D eigenvalue weighted by atomic mass is 19.1. The second kappa shape index (κ2) is 7.01. The lowest BCUT2D eigenvalue weighted by molar-refractivity contribution is 0.203. The van der Waals surface area contributed by atoms with Gasteiger partial charge in [0, 0.05) is 45.0 Å². The Bertz CT molecular complexity index is 903. The maximum Gasteiger partial charge on any atom is 0.139 e. The van der Waals surface area contributed by atoms with E-state index < -0.39 is 6.10 Å². The molecule has 0 fully saturated rings. The molecule has 0 spiro atoms. The lowest BCUT2D eigenvalue weighted by atomic mass is 10.1. The number of hydrogen-bond donors (Lipinski definition) is 1. The van der Waals surface area contributed by atoms with Gasteiger partial charge in [-0.05, 0) is 24.6 Å². The first-order valence-corrected chi connectivity index (χ1v) is 8.80. The van der Waals surface area contributed by atoms with Crippen molar-refractivity contribution in [3.63, 3.8) is 0 Å². The molecule has 3 heterocycles. The molecule has 1 aliphatic rings. The average Bonchev–Trinajstić information content (AvgIpc) is 3.18. The molecule has 0 saturated carbocycles. The normalized spacial score (nSPS) is 16.3. The summed E-state index contributed by atoms with van der Waals surface area (Å²) in [6.07, 6.45) is 1.79. The van der Waals surface area contributed by atoms with Gasteiger partial charge in [-0.25, -0.2) is 4.39 Å². The van der Waals surface area contributed by atoms with E-state index in [9.17, 15) is 9.50 Å². The van der Waals surface area contributed by atoms with Crippen LogP contribution in [0.25, 0.3) is 0 Å². The van der Waals surface area contributed by atoms with Crippen LogP contribution in [0.3, 0.4) is 0 Å². The maximum absolute atomic E-state index is 14.0. The largest absolute Gasteiger partial charge is 0.380 e. The van der Waals surface area contributed by atoms with Crippen molar-refractivity contribution in [1.82, 2.24) is 24.5 Å². The van der Waals surface area contributed by atoms with Gasteiger partial charge in [-0.2, -0.15) is 10.2 Å². The lowest BCUT2D eigenvalue weighted by Gasteiger charge is -2.19. The summed E-state index contributed by atoms with van der Waals surface area (Å²) in [5, 5.41) is 19.3. The Morgan fingerprint density at radius 2 is 2.08 bits per heavy atom. The molecule has 0 bridgehead atoms. The molecular formula is C19H22FN5O. The summed E-state index contributed by atoms with van der Waals surface area (Å²) in [4.78, 5) is 2.22. The molecule has 4 rings (SSSR count). The summed E-state index contributed by atoms with van der Waals surface area (Å²) < 4.78 is 17.6. The number of aliphatic hydroxyl groups is 1. The van der Waals surface area contributed by atoms with E-state index in [-0.39, 0.29) is 5.82 Å². The van der Waals surface area contributed by atoms with E-state index in [2.05, 4.69) is 15.1 Å². The highest BCUT2D eigenvalue weighted by Gasteiger charge is 2.22. The minimum absolute atomic E-state index is 0.169. The van der Waals surface area contributed by atoms with Crippen molar-refractivity contribution < 1.29 is 9.50 Å². The van der Waals surface area contributed by atoms with Crippen LogP contribution in [0.2, 0.25) is 0 Å². The molecule has 26 heavy (non-hydrogen) atoms. The van der Waals surface area contributed by atoms with Gasteiger partial charge in [0.2, 0.25) is 0 Å². The van der Waals surface area contributed by atoms with Crippen molar-refractivity contribution >= 4 is 0 Å². The van der Waals surface area contributed by atoms with Gasteiger partial charge in [0.25, 0.3) is 0 Å². The third kappa shape index (κ3) is 3.27. The topological polar surface area (TPSA) is 59.1 Å². The summed E-state index contributed by atoms with van der Waals surface area (Å²) in [5.74, 6) is -0.169. The SMILES string of the molecule is Cn1nccc1[C@H](O)c1cc2n(n1)CCCN(Cc1ccccc1F)C2. The molecule has 1 N–H and O–H groups in total. The third-order valence-electron chi connectivity index (χ3n) is 4.88. The zero-order valence-corrected chi connectivity index (χ0v) is 14.7. The van der Waals surface area contributed by atoms with Crippen LogP contribution in [-0.2, 0) is 26.7 Å². The van der Waals surface area contributed by atoms with Crippen molar-refractivity contribution in [1.29, 1.82) is 0 Å². The van der Waals surface area contributed by atoms with Gasteiger partial charge >= 0.3 is 0 Å². The number of benzene rings is 1. The van der Waals surface area contributed by atoms with Crippen LogP contribution in [-0.4, -0.2) is 36.1 Å². The van der Waals surface area contributed by atoms with Gasteiger partial charge in [-0.3, -0.25) is 14.3 Å². The number of aryl methyl sites for hydroxylation is 2. The predicted octanol–water partition coefficient (Wildman–Crippen LogP) is 2.24. The van der Waals surface area contributed by atoms with E-state index in [1.54, 1.807) is 30.1 Å². The first-order chi connectivity index (χ1) is 12.6. The van der Waals surface area contributed by atoms with Crippen LogP contribution in [0.1, 0.15) is 35.2 Å². The second-order valence-electron chi connectivity index (χ2n) is 6.72. The minimum Gasteiger partial charge on any atom is -0.380 e. The Kier molecular flexibility index (Phi) is 4.57.